The van der Waals surface area contributed by atoms with E-state index in [9.17, 15) is 0 Å². The highest BCUT2D eigenvalue weighted by atomic mass is 15.0. The van der Waals surface area contributed by atoms with Crippen molar-refractivity contribution < 1.29 is 0 Å². The van der Waals surface area contributed by atoms with Gasteiger partial charge in [0.25, 0.3) is 0 Å². The lowest BCUT2D eigenvalue weighted by Crippen LogP contribution is -2.25. The van der Waals surface area contributed by atoms with Crippen molar-refractivity contribution >= 4 is 22.4 Å². The number of H-pyrrole nitrogens is 1. The van der Waals surface area contributed by atoms with E-state index < -0.39 is 0 Å². The lowest BCUT2D eigenvalue weighted by atomic mass is 10.1. The molecule has 4 rings (SSSR count). The average molecular weight is 265 g/mol. The number of nitrogens with one attached hydrogen (secondary N) is 3. The van der Waals surface area contributed by atoms with Gasteiger partial charge in [-0.2, -0.15) is 0 Å². The van der Waals surface area contributed by atoms with Crippen LogP contribution in [0, 0.1) is 0 Å². The smallest absolute Gasteiger partial charge is 0.138 e. The fourth-order valence-electron chi connectivity index (χ4n) is 2.68. The second-order valence-corrected chi connectivity index (χ2v) is 4.95. The van der Waals surface area contributed by atoms with Crippen molar-refractivity contribution in [2.45, 2.75) is 13.0 Å². The highest BCUT2D eigenvalue weighted by molar-refractivity contribution is 5.93. The number of fused-ring (bicyclic) bond motifs is 2. The highest BCUT2D eigenvalue weighted by Gasteiger charge is 2.15. The predicted molar refractivity (Wildman–Crippen MR) is 79.0 cm³/mol. The van der Waals surface area contributed by atoms with Crippen LogP contribution in [0.2, 0.25) is 0 Å². The maximum absolute atomic E-state index is 4.40. The second-order valence-electron chi connectivity index (χ2n) is 4.95. The van der Waals surface area contributed by atoms with Gasteiger partial charge in [-0.05, 0) is 6.07 Å². The minimum Gasteiger partial charge on any atom is -0.359 e. The average Bonchev–Trinajstić information content (AvgIpc) is 2.91. The van der Waals surface area contributed by atoms with Gasteiger partial charge in [-0.15, -0.1) is 0 Å². The second kappa shape index (κ2) is 4.61. The van der Waals surface area contributed by atoms with Crippen molar-refractivity contribution in [1.82, 2.24) is 20.3 Å². The predicted octanol–water partition coefficient (Wildman–Crippen LogP) is 2.35. The van der Waals surface area contributed by atoms with Crippen LogP contribution in [0.5, 0.6) is 0 Å². The topological polar surface area (TPSA) is 65.6 Å². The van der Waals surface area contributed by atoms with E-state index in [-0.39, 0.29) is 0 Å². The molecule has 5 heteroatoms. The van der Waals surface area contributed by atoms with E-state index in [1.165, 1.54) is 10.9 Å². The van der Waals surface area contributed by atoms with Crippen LogP contribution in [0.3, 0.4) is 0 Å². The molecule has 5 nitrogen and oxygen atoms in total. The van der Waals surface area contributed by atoms with Crippen LogP contribution in [0.15, 0.2) is 36.8 Å². The number of benzene rings is 1. The molecule has 0 spiro atoms. The van der Waals surface area contributed by atoms with Gasteiger partial charge >= 0.3 is 0 Å². The Balaban J connectivity index is 1.76. The van der Waals surface area contributed by atoms with E-state index in [1.54, 1.807) is 6.33 Å². The Morgan fingerprint density at radius 2 is 2.10 bits per heavy atom. The fraction of sp³-hybridized carbons (Fsp3) is 0.200. The molecule has 100 valence electrons. The van der Waals surface area contributed by atoms with Crippen LogP contribution in [0.1, 0.15) is 11.3 Å². The summed E-state index contributed by atoms with van der Waals surface area (Å²) >= 11 is 0. The Bertz CT molecular complexity index is 762. The van der Waals surface area contributed by atoms with E-state index in [4.69, 9.17) is 0 Å². The highest BCUT2D eigenvalue weighted by Crippen LogP contribution is 2.28. The van der Waals surface area contributed by atoms with Crippen molar-refractivity contribution in [2.24, 2.45) is 0 Å². The van der Waals surface area contributed by atoms with Crippen molar-refractivity contribution in [3.63, 3.8) is 0 Å². The van der Waals surface area contributed by atoms with Gasteiger partial charge in [0.15, 0.2) is 0 Å². The Hall–Kier alpha value is -2.40. The number of nitrogens with zero attached hydrogens (tertiary/aromatic N) is 2. The fourth-order valence-corrected chi connectivity index (χ4v) is 2.68. The molecule has 0 amide bonds. The van der Waals surface area contributed by atoms with Gasteiger partial charge in [-0.25, -0.2) is 9.97 Å². The molecule has 0 saturated heterocycles. The minimum atomic E-state index is 0.820. The van der Waals surface area contributed by atoms with Crippen molar-refractivity contribution in [3.8, 4) is 0 Å². The summed E-state index contributed by atoms with van der Waals surface area (Å²) < 4.78 is 0. The molecule has 2 aromatic heterocycles. The molecule has 3 heterocycles. The van der Waals surface area contributed by atoms with E-state index in [2.05, 4.69) is 37.7 Å². The van der Waals surface area contributed by atoms with Gasteiger partial charge in [-0.1, -0.05) is 18.2 Å². The third-order valence-corrected chi connectivity index (χ3v) is 3.72. The Morgan fingerprint density at radius 1 is 1.15 bits per heavy atom. The molecule has 0 bridgehead atoms. The number of para-hydroxylation sites is 1. The maximum Gasteiger partial charge on any atom is 0.138 e. The van der Waals surface area contributed by atoms with Crippen molar-refractivity contribution in [2.75, 3.05) is 11.9 Å². The summed E-state index contributed by atoms with van der Waals surface area (Å²) in [5.41, 5.74) is 4.48. The number of aromatic amines is 1. The Morgan fingerprint density at radius 3 is 3.10 bits per heavy atom. The molecule has 0 atom stereocenters. The normalized spacial score (nSPS) is 14.2. The molecular weight excluding hydrogens is 250 g/mol. The standard InChI is InChI=1S/C15H15N5/c1-2-4-12-10(3-1)14(8-17-12)20-15-11-7-16-6-5-13(11)18-9-19-15/h1-4,8-9,16-17H,5-7H2,(H,18,19,20). The summed E-state index contributed by atoms with van der Waals surface area (Å²) in [4.78, 5) is 12.0. The maximum atomic E-state index is 4.40. The lowest BCUT2D eigenvalue weighted by molar-refractivity contribution is 0.628. The van der Waals surface area contributed by atoms with E-state index in [0.29, 0.717) is 0 Å². The molecule has 0 unspecified atom stereocenters. The zero-order chi connectivity index (χ0) is 13.4. The third kappa shape index (κ3) is 1.83. The molecule has 0 radical (unpaired) electrons. The van der Waals surface area contributed by atoms with Gasteiger partial charge < -0.3 is 15.6 Å². The molecule has 1 aliphatic rings. The lowest BCUT2D eigenvalue weighted by Gasteiger charge is -2.18. The van der Waals surface area contributed by atoms with Gasteiger partial charge in [0, 0.05) is 42.2 Å². The largest absolute Gasteiger partial charge is 0.359 e. The van der Waals surface area contributed by atoms with E-state index in [0.717, 1.165) is 42.2 Å². The van der Waals surface area contributed by atoms with Crippen LogP contribution in [-0.2, 0) is 13.0 Å². The van der Waals surface area contributed by atoms with E-state index in [1.807, 2.05) is 18.3 Å². The zero-order valence-electron chi connectivity index (χ0n) is 11.0. The van der Waals surface area contributed by atoms with Gasteiger partial charge in [0.05, 0.1) is 11.4 Å². The monoisotopic (exact) mass is 265 g/mol. The first-order valence-electron chi connectivity index (χ1n) is 6.78. The zero-order valence-corrected chi connectivity index (χ0v) is 11.0. The summed E-state index contributed by atoms with van der Waals surface area (Å²) in [6.45, 7) is 1.80. The number of hydrogen-bond acceptors (Lipinski definition) is 4. The van der Waals surface area contributed by atoms with Crippen molar-refractivity contribution in [1.29, 1.82) is 0 Å². The Labute approximate surface area is 116 Å². The minimum absolute atomic E-state index is 0.820. The molecule has 0 aliphatic carbocycles. The molecular formula is C15H15N5. The van der Waals surface area contributed by atoms with Gasteiger partial charge in [0.2, 0.25) is 0 Å². The summed E-state index contributed by atoms with van der Waals surface area (Å²) in [7, 11) is 0. The molecule has 0 saturated carbocycles. The Kier molecular flexibility index (Phi) is 2.63. The first kappa shape index (κ1) is 11.4. The molecule has 1 aliphatic heterocycles. The van der Waals surface area contributed by atoms with Gasteiger partial charge in [0.1, 0.15) is 12.1 Å². The molecule has 20 heavy (non-hydrogen) atoms. The summed E-state index contributed by atoms with van der Waals surface area (Å²) in [5, 5.41) is 7.97. The summed E-state index contributed by atoms with van der Waals surface area (Å²) in [5.74, 6) is 0.895. The number of hydrogen-bond donors (Lipinski definition) is 3. The number of rotatable bonds is 2. The van der Waals surface area contributed by atoms with Gasteiger partial charge in [-0.3, -0.25) is 0 Å². The third-order valence-electron chi connectivity index (χ3n) is 3.72. The molecule has 1 aromatic carbocycles. The molecule has 3 N–H and O–H groups in total. The summed E-state index contributed by atoms with van der Waals surface area (Å²) in [6.07, 6.45) is 4.58. The summed E-state index contributed by atoms with van der Waals surface area (Å²) in [6, 6.07) is 8.23. The van der Waals surface area contributed by atoms with E-state index >= 15 is 0 Å². The van der Waals surface area contributed by atoms with Crippen LogP contribution in [-0.4, -0.2) is 21.5 Å². The first-order chi connectivity index (χ1) is 9.92. The number of aromatic nitrogens is 3. The van der Waals surface area contributed by atoms with Crippen molar-refractivity contribution in [3.05, 3.63) is 48.0 Å². The first-order valence-corrected chi connectivity index (χ1v) is 6.78. The molecule has 0 fully saturated rings. The van der Waals surface area contributed by atoms with Crippen LogP contribution >= 0.6 is 0 Å². The molecule has 3 aromatic rings. The van der Waals surface area contributed by atoms with Crippen LogP contribution in [0.25, 0.3) is 10.9 Å². The SMILES string of the molecule is c1ccc2c(Nc3ncnc4c3CNCC4)c[nH]c2c1. The quantitative estimate of drug-likeness (QED) is 0.665. The number of anilines is 2. The van der Waals surface area contributed by atoms with Crippen LogP contribution in [0.4, 0.5) is 11.5 Å². The van der Waals surface area contributed by atoms with Crippen LogP contribution < -0.4 is 10.6 Å².